The predicted octanol–water partition coefficient (Wildman–Crippen LogP) is 2.33. The second-order valence-corrected chi connectivity index (χ2v) is 5.36. The van der Waals surface area contributed by atoms with Gasteiger partial charge in [0.05, 0.1) is 6.26 Å². The fourth-order valence-corrected chi connectivity index (χ4v) is 1.51. The molecule has 0 saturated heterocycles. The van der Waals surface area contributed by atoms with Crippen molar-refractivity contribution in [3.05, 3.63) is 24.2 Å². The number of hydrogen-bond donors (Lipinski definition) is 2. The van der Waals surface area contributed by atoms with Gasteiger partial charge >= 0.3 is 6.09 Å². The Morgan fingerprint density at radius 2 is 2.11 bits per heavy atom. The first kappa shape index (κ1) is 15.6. The molecule has 2 N–H and O–H groups in total. The normalized spacial score (nSPS) is 11.3. The number of hydrogen-bond acceptors (Lipinski definition) is 4. The van der Waals surface area contributed by atoms with Gasteiger partial charge in [0.2, 0.25) is 0 Å². The van der Waals surface area contributed by atoms with E-state index in [1.165, 1.54) is 0 Å². The van der Waals surface area contributed by atoms with Crippen molar-refractivity contribution in [2.75, 3.05) is 19.6 Å². The maximum atomic E-state index is 11.3. The molecule has 0 aliphatic carbocycles. The zero-order valence-electron chi connectivity index (χ0n) is 12.0. The molecule has 19 heavy (non-hydrogen) atoms. The van der Waals surface area contributed by atoms with Gasteiger partial charge in [-0.15, -0.1) is 0 Å². The van der Waals surface area contributed by atoms with Crippen LogP contribution in [0, 0.1) is 0 Å². The van der Waals surface area contributed by atoms with Crippen LogP contribution in [0.5, 0.6) is 0 Å². The molecule has 108 valence electrons. The van der Waals surface area contributed by atoms with Gasteiger partial charge in [0.15, 0.2) is 0 Å². The van der Waals surface area contributed by atoms with Crippen LogP contribution in [-0.2, 0) is 11.2 Å². The molecule has 5 heteroatoms. The Morgan fingerprint density at radius 1 is 1.32 bits per heavy atom. The lowest BCUT2D eigenvalue weighted by atomic mass is 10.2. The van der Waals surface area contributed by atoms with Crippen LogP contribution >= 0.6 is 0 Å². The van der Waals surface area contributed by atoms with Crippen LogP contribution in [0.4, 0.5) is 4.79 Å². The zero-order valence-corrected chi connectivity index (χ0v) is 12.0. The Hall–Kier alpha value is -1.49. The largest absolute Gasteiger partial charge is 0.469 e. The van der Waals surface area contributed by atoms with Gasteiger partial charge in [-0.3, -0.25) is 0 Å². The van der Waals surface area contributed by atoms with Crippen molar-refractivity contribution in [1.82, 2.24) is 10.6 Å². The molecule has 1 rings (SSSR count). The molecule has 0 aliphatic heterocycles. The summed E-state index contributed by atoms with van der Waals surface area (Å²) in [5, 5.41) is 6.02. The quantitative estimate of drug-likeness (QED) is 0.745. The lowest BCUT2D eigenvalue weighted by Gasteiger charge is -2.19. The molecule has 0 saturated carbocycles. The highest BCUT2D eigenvalue weighted by atomic mass is 16.6. The van der Waals surface area contributed by atoms with Crippen LogP contribution in [0.2, 0.25) is 0 Å². The molecule has 0 fully saturated rings. The predicted molar refractivity (Wildman–Crippen MR) is 74.1 cm³/mol. The molecule has 1 amide bonds. The fraction of sp³-hybridized carbons (Fsp3) is 0.643. The first-order valence-corrected chi connectivity index (χ1v) is 6.67. The number of rotatable bonds is 7. The first-order valence-electron chi connectivity index (χ1n) is 6.67. The summed E-state index contributed by atoms with van der Waals surface area (Å²) in [5.74, 6) is 0.986. The van der Waals surface area contributed by atoms with Gasteiger partial charge in [0, 0.05) is 19.5 Å². The van der Waals surface area contributed by atoms with Crippen molar-refractivity contribution >= 4 is 6.09 Å². The van der Waals surface area contributed by atoms with Crippen molar-refractivity contribution in [1.29, 1.82) is 0 Å². The second kappa shape index (κ2) is 7.84. The van der Waals surface area contributed by atoms with Crippen molar-refractivity contribution in [2.45, 2.75) is 39.2 Å². The van der Waals surface area contributed by atoms with E-state index in [1.54, 1.807) is 6.26 Å². The van der Waals surface area contributed by atoms with Crippen LogP contribution in [0.25, 0.3) is 0 Å². The monoisotopic (exact) mass is 268 g/mol. The molecule has 0 radical (unpaired) electrons. The molecular weight excluding hydrogens is 244 g/mol. The molecular formula is C14H24N2O3. The Balaban J connectivity index is 1.92. The number of ether oxygens (including phenoxy) is 1. The zero-order chi connectivity index (χ0) is 14.1. The lowest BCUT2D eigenvalue weighted by molar-refractivity contribution is 0.0527. The summed E-state index contributed by atoms with van der Waals surface area (Å²) in [6.45, 7) is 7.90. The Labute approximate surface area is 114 Å². The summed E-state index contributed by atoms with van der Waals surface area (Å²) >= 11 is 0. The van der Waals surface area contributed by atoms with Crippen LogP contribution in [0.1, 0.15) is 33.0 Å². The number of alkyl carbamates (subject to hydrolysis) is 1. The van der Waals surface area contributed by atoms with Gasteiger partial charge in [0.25, 0.3) is 0 Å². The van der Waals surface area contributed by atoms with E-state index in [9.17, 15) is 4.79 Å². The van der Waals surface area contributed by atoms with Crippen LogP contribution < -0.4 is 10.6 Å². The highest BCUT2D eigenvalue weighted by molar-refractivity contribution is 5.67. The molecule has 0 bridgehead atoms. The molecule has 1 heterocycles. The fourth-order valence-electron chi connectivity index (χ4n) is 1.51. The molecule has 1 aromatic rings. The van der Waals surface area contributed by atoms with E-state index in [4.69, 9.17) is 9.15 Å². The van der Waals surface area contributed by atoms with Gasteiger partial charge in [-0.1, -0.05) is 0 Å². The Kier molecular flexibility index (Phi) is 6.42. The van der Waals surface area contributed by atoms with Crippen LogP contribution in [0.3, 0.4) is 0 Å². The average molecular weight is 268 g/mol. The van der Waals surface area contributed by atoms with E-state index in [2.05, 4.69) is 10.6 Å². The molecule has 1 aromatic heterocycles. The Morgan fingerprint density at radius 3 is 2.74 bits per heavy atom. The highest BCUT2D eigenvalue weighted by Gasteiger charge is 2.15. The van der Waals surface area contributed by atoms with Crippen LogP contribution in [-0.4, -0.2) is 31.3 Å². The molecule has 0 aromatic carbocycles. The minimum Gasteiger partial charge on any atom is -0.469 e. The van der Waals surface area contributed by atoms with Crippen molar-refractivity contribution in [2.24, 2.45) is 0 Å². The van der Waals surface area contributed by atoms with Gasteiger partial charge in [-0.2, -0.15) is 0 Å². The van der Waals surface area contributed by atoms with E-state index in [1.807, 2.05) is 32.9 Å². The first-order chi connectivity index (χ1) is 8.97. The van der Waals surface area contributed by atoms with Crippen LogP contribution in [0.15, 0.2) is 22.8 Å². The van der Waals surface area contributed by atoms with E-state index in [0.717, 1.165) is 31.7 Å². The van der Waals surface area contributed by atoms with E-state index < -0.39 is 5.60 Å². The number of nitrogens with one attached hydrogen (secondary N) is 2. The van der Waals surface area contributed by atoms with E-state index in [0.29, 0.717) is 6.54 Å². The van der Waals surface area contributed by atoms with Crippen molar-refractivity contribution < 1.29 is 13.9 Å². The lowest BCUT2D eigenvalue weighted by Crippen LogP contribution is -2.34. The summed E-state index contributed by atoms with van der Waals surface area (Å²) in [4.78, 5) is 11.3. The number of carbonyl (C=O) groups excluding carboxylic acids is 1. The molecule has 0 atom stereocenters. The SMILES string of the molecule is CC(C)(C)OC(=O)NCCCNCCc1ccco1. The Bertz CT molecular complexity index is 355. The second-order valence-electron chi connectivity index (χ2n) is 5.36. The summed E-state index contributed by atoms with van der Waals surface area (Å²) in [5.41, 5.74) is -0.439. The molecule has 0 aliphatic rings. The van der Waals surface area contributed by atoms with Gasteiger partial charge in [-0.25, -0.2) is 4.79 Å². The van der Waals surface area contributed by atoms with E-state index >= 15 is 0 Å². The minimum atomic E-state index is -0.439. The molecule has 0 unspecified atom stereocenters. The highest BCUT2D eigenvalue weighted by Crippen LogP contribution is 2.06. The molecule has 0 spiro atoms. The number of carbonyl (C=O) groups is 1. The third-order valence-electron chi connectivity index (χ3n) is 2.33. The minimum absolute atomic E-state index is 0.358. The third kappa shape index (κ3) is 8.26. The number of amides is 1. The topological polar surface area (TPSA) is 63.5 Å². The average Bonchev–Trinajstić information content (AvgIpc) is 2.78. The summed E-state index contributed by atoms with van der Waals surface area (Å²) < 4.78 is 10.4. The smallest absolute Gasteiger partial charge is 0.407 e. The standard InChI is InChI=1S/C14H24N2O3/c1-14(2,3)19-13(17)16-9-5-8-15-10-7-12-6-4-11-18-12/h4,6,11,15H,5,7-10H2,1-3H3,(H,16,17). The third-order valence-corrected chi connectivity index (χ3v) is 2.33. The van der Waals surface area contributed by atoms with E-state index in [-0.39, 0.29) is 6.09 Å². The molecule has 5 nitrogen and oxygen atoms in total. The summed E-state index contributed by atoms with van der Waals surface area (Å²) in [7, 11) is 0. The van der Waals surface area contributed by atoms with Gasteiger partial charge in [0.1, 0.15) is 11.4 Å². The van der Waals surface area contributed by atoms with Gasteiger partial charge in [-0.05, 0) is 45.9 Å². The van der Waals surface area contributed by atoms with Gasteiger partial charge < -0.3 is 19.8 Å². The summed E-state index contributed by atoms with van der Waals surface area (Å²) in [6, 6.07) is 3.85. The maximum Gasteiger partial charge on any atom is 0.407 e. The summed E-state index contributed by atoms with van der Waals surface area (Å²) in [6.07, 6.45) is 3.08. The van der Waals surface area contributed by atoms with Crippen molar-refractivity contribution in [3.63, 3.8) is 0 Å². The van der Waals surface area contributed by atoms with Crippen molar-refractivity contribution in [3.8, 4) is 0 Å². The number of furan rings is 1. The maximum absolute atomic E-state index is 11.3.